The predicted octanol–water partition coefficient (Wildman–Crippen LogP) is 2.44. The highest BCUT2D eigenvalue weighted by molar-refractivity contribution is 5.26. The molecule has 1 aliphatic carbocycles. The zero-order valence-electron chi connectivity index (χ0n) is 9.22. The molecule has 86 valence electrons. The van der Waals surface area contributed by atoms with Gasteiger partial charge >= 0.3 is 0 Å². The lowest BCUT2D eigenvalue weighted by atomic mass is 10.3. The Hall–Kier alpha value is -2.10. The van der Waals surface area contributed by atoms with Crippen molar-refractivity contribution in [3.8, 4) is 11.6 Å². The van der Waals surface area contributed by atoms with E-state index in [1.807, 2.05) is 30.3 Å². The Morgan fingerprint density at radius 2 is 2.00 bits per heavy atom. The van der Waals surface area contributed by atoms with E-state index in [0.29, 0.717) is 17.5 Å². The Kier molecular flexibility index (Phi) is 2.40. The SMILES string of the molecule is O=c1cc(Oc2ccccc2)nc(C2CC2)[nH]1. The Morgan fingerprint density at radius 3 is 2.71 bits per heavy atom. The van der Waals surface area contributed by atoms with Crippen LogP contribution in [0.4, 0.5) is 0 Å². The van der Waals surface area contributed by atoms with E-state index >= 15 is 0 Å². The predicted molar refractivity (Wildman–Crippen MR) is 63.3 cm³/mol. The van der Waals surface area contributed by atoms with Crippen molar-refractivity contribution >= 4 is 0 Å². The van der Waals surface area contributed by atoms with Crippen LogP contribution in [0.25, 0.3) is 0 Å². The first kappa shape index (κ1) is 10.1. The molecule has 0 saturated heterocycles. The summed E-state index contributed by atoms with van der Waals surface area (Å²) in [6, 6.07) is 10.7. The smallest absolute Gasteiger partial charge is 0.254 e. The summed E-state index contributed by atoms with van der Waals surface area (Å²) >= 11 is 0. The summed E-state index contributed by atoms with van der Waals surface area (Å²) in [5.41, 5.74) is -0.159. The average Bonchev–Trinajstić information content (AvgIpc) is 3.13. The van der Waals surface area contributed by atoms with Crippen molar-refractivity contribution in [3.05, 3.63) is 52.6 Å². The van der Waals surface area contributed by atoms with Gasteiger partial charge in [-0.3, -0.25) is 4.79 Å². The number of benzene rings is 1. The Morgan fingerprint density at radius 1 is 1.24 bits per heavy atom. The molecule has 1 fully saturated rings. The standard InChI is InChI=1S/C13H12N2O2/c16-11-8-12(15-13(14-11)9-6-7-9)17-10-4-2-1-3-5-10/h1-5,8-9H,6-7H2,(H,14,15,16). The van der Waals surface area contributed by atoms with Crippen molar-refractivity contribution in [2.45, 2.75) is 18.8 Å². The lowest BCUT2D eigenvalue weighted by Gasteiger charge is -2.05. The van der Waals surface area contributed by atoms with E-state index in [1.165, 1.54) is 6.07 Å². The molecule has 17 heavy (non-hydrogen) atoms. The van der Waals surface area contributed by atoms with Crippen molar-refractivity contribution in [2.24, 2.45) is 0 Å². The largest absolute Gasteiger partial charge is 0.439 e. The maximum atomic E-state index is 11.5. The first-order valence-corrected chi connectivity index (χ1v) is 5.65. The Bertz CT molecular complexity index is 573. The number of hydrogen-bond donors (Lipinski definition) is 1. The summed E-state index contributed by atoms with van der Waals surface area (Å²) in [5.74, 6) is 2.19. The number of para-hydroxylation sites is 1. The molecule has 1 heterocycles. The van der Waals surface area contributed by atoms with E-state index in [0.717, 1.165) is 18.7 Å². The number of H-pyrrole nitrogens is 1. The normalized spacial score (nSPS) is 14.6. The molecule has 0 amide bonds. The van der Waals surface area contributed by atoms with Crippen LogP contribution in [0.2, 0.25) is 0 Å². The highest BCUT2D eigenvalue weighted by atomic mass is 16.5. The molecule has 4 nitrogen and oxygen atoms in total. The molecule has 3 rings (SSSR count). The third-order valence-corrected chi connectivity index (χ3v) is 2.67. The van der Waals surface area contributed by atoms with Crippen molar-refractivity contribution in [1.29, 1.82) is 0 Å². The summed E-state index contributed by atoms with van der Waals surface area (Å²) in [6.45, 7) is 0. The van der Waals surface area contributed by atoms with Crippen LogP contribution in [-0.2, 0) is 0 Å². The zero-order chi connectivity index (χ0) is 11.7. The number of hydrogen-bond acceptors (Lipinski definition) is 3. The Balaban J connectivity index is 1.90. The summed E-state index contributed by atoms with van der Waals surface area (Å²) in [5, 5.41) is 0. The minimum absolute atomic E-state index is 0.159. The minimum atomic E-state index is -0.159. The molecular formula is C13H12N2O2. The van der Waals surface area contributed by atoms with Gasteiger partial charge in [-0.1, -0.05) is 18.2 Å². The number of rotatable bonds is 3. The van der Waals surface area contributed by atoms with Crippen LogP contribution < -0.4 is 10.3 Å². The molecule has 0 atom stereocenters. The van der Waals surface area contributed by atoms with Gasteiger partial charge in [-0.15, -0.1) is 0 Å². The number of ether oxygens (including phenoxy) is 1. The molecule has 1 aliphatic rings. The van der Waals surface area contributed by atoms with E-state index < -0.39 is 0 Å². The van der Waals surface area contributed by atoms with Crippen LogP contribution in [0, 0.1) is 0 Å². The lowest BCUT2D eigenvalue weighted by molar-refractivity contribution is 0.457. The summed E-state index contributed by atoms with van der Waals surface area (Å²) in [7, 11) is 0. The van der Waals surface area contributed by atoms with Crippen LogP contribution in [0.5, 0.6) is 11.6 Å². The Labute approximate surface area is 98.3 Å². The van der Waals surface area contributed by atoms with Crippen LogP contribution >= 0.6 is 0 Å². The van der Waals surface area contributed by atoms with Gasteiger partial charge in [0.05, 0.1) is 6.07 Å². The van der Waals surface area contributed by atoms with E-state index in [9.17, 15) is 4.79 Å². The van der Waals surface area contributed by atoms with Gasteiger partial charge in [-0.2, -0.15) is 4.98 Å². The maximum Gasteiger partial charge on any atom is 0.254 e. The van der Waals surface area contributed by atoms with Gasteiger partial charge in [-0.05, 0) is 25.0 Å². The van der Waals surface area contributed by atoms with Gasteiger partial charge in [-0.25, -0.2) is 0 Å². The van der Waals surface area contributed by atoms with E-state index in [4.69, 9.17) is 4.74 Å². The molecule has 0 bridgehead atoms. The van der Waals surface area contributed by atoms with E-state index in [1.54, 1.807) is 0 Å². The van der Waals surface area contributed by atoms with Crippen molar-refractivity contribution in [2.75, 3.05) is 0 Å². The number of nitrogens with one attached hydrogen (secondary N) is 1. The summed E-state index contributed by atoms with van der Waals surface area (Å²) in [6.07, 6.45) is 2.19. The molecule has 1 aromatic heterocycles. The van der Waals surface area contributed by atoms with Gasteiger partial charge in [0.2, 0.25) is 5.88 Å². The first-order chi connectivity index (χ1) is 8.31. The molecule has 1 aromatic carbocycles. The second-order valence-electron chi connectivity index (χ2n) is 4.16. The van der Waals surface area contributed by atoms with E-state index in [2.05, 4.69) is 9.97 Å². The third-order valence-electron chi connectivity index (χ3n) is 2.67. The third kappa shape index (κ3) is 2.36. The van der Waals surface area contributed by atoms with Gasteiger partial charge in [0.25, 0.3) is 5.56 Å². The summed E-state index contributed by atoms with van der Waals surface area (Å²) in [4.78, 5) is 18.5. The molecule has 1 N–H and O–H groups in total. The second kappa shape index (κ2) is 4.05. The molecule has 0 spiro atoms. The minimum Gasteiger partial charge on any atom is -0.439 e. The molecule has 1 saturated carbocycles. The van der Waals surface area contributed by atoms with Crippen LogP contribution in [0.3, 0.4) is 0 Å². The molecule has 2 aromatic rings. The average molecular weight is 228 g/mol. The van der Waals surface area contributed by atoms with E-state index in [-0.39, 0.29) is 5.56 Å². The second-order valence-corrected chi connectivity index (χ2v) is 4.16. The van der Waals surface area contributed by atoms with Crippen molar-refractivity contribution in [3.63, 3.8) is 0 Å². The highest BCUT2D eigenvalue weighted by Gasteiger charge is 2.26. The van der Waals surface area contributed by atoms with Crippen molar-refractivity contribution in [1.82, 2.24) is 9.97 Å². The summed E-state index contributed by atoms with van der Waals surface area (Å²) < 4.78 is 5.55. The monoisotopic (exact) mass is 228 g/mol. The fraction of sp³-hybridized carbons (Fsp3) is 0.231. The lowest BCUT2D eigenvalue weighted by Crippen LogP contribution is -2.10. The van der Waals surface area contributed by atoms with Crippen LogP contribution in [0.15, 0.2) is 41.2 Å². The van der Waals surface area contributed by atoms with Gasteiger partial charge in [0, 0.05) is 5.92 Å². The fourth-order valence-electron chi connectivity index (χ4n) is 1.67. The number of nitrogens with zero attached hydrogens (tertiary/aromatic N) is 1. The molecular weight excluding hydrogens is 216 g/mol. The number of aromatic amines is 1. The van der Waals surface area contributed by atoms with Gasteiger partial charge in [0.1, 0.15) is 11.6 Å². The maximum absolute atomic E-state index is 11.5. The molecule has 4 heteroatoms. The van der Waals surface area contributed by atoms with Gasteiger partial charge < -0.3 is 9.72 Å². The molecule has 0 unspecified atom stereocenters. The first-order valence-electron chi connectivity index (χ1n) is 5.65. The topological polar surface area (TPSA) is 55.0 Å². The number of aromatic nitrogens is 2. The van der Waals surface area contributed by atoms with Gasteiger partial charge in [0.15, 0.2) is 0 Å². The zero-order valence-corrected chi connectivity index (χ0v) is 9.22. The molecule has 0 radical (unpaired) electrons. The molecule has 0 aliphatic heterocycles. The van der Waals surface area contributed by atoms with Crippen LogP contribution in [0.1, 0.15) is 24.6 Å². The fourth-order valence-corrected chi connectivity index (χ4v) is 1.67. The van der Waals surface area contributed by atoms with Crippen molar-refractivity contribution < 1.29 is 4.74 Å². The quantitative estimate of drug-likeness (QED) is 0.877. The van der Waals surface area contributed by atoms with Crippen LogP contribution in [-0.4, -0.2) is 9.97 Å². The highest BCUT2D eigenvalue weighted by Crippen LogP contribution is 2.38.